The lowest BCUT2D eigenvalue weighted by Crippen LogP contribution is -2.13. The van der Waals surface area contributed by atoms with E-state index in [2.05, 4.69) is 10.5 Å². The van der Waals surface area contributed by atoms with Gasteiger partial charge in [-0.05, 0) is 43.0 Å². The Bertz CT molecular complexity index is 387. The van der Waals surface area contributed by atoms with E-state index in [1.165, 1.54) is 11.8 Å². The van der Waals surface area contributed by atoms with E-state index in [4.69, 9.17) is 17.0 Å². The third-order valence-electron chi connectivity index (χ3n) is 2.01. The van der Waals surface area contributed by atoms with Crippen molar-refractivity contribution in [2.75, 3.05) is 13.4 Å². The summed E-state index contributed by atoms with van der Waals surface area (Å²) in [6.07, 6.45) is 1.91. The minimum absolute atomic E-state index is 0.660. The molecule has 5 heteroatoms. The van der Waals surface area contributed by atoms with Gasteiger partial charge in [0.25, 0.3) is 0 Å². The van der Waals surface area contributed by atoms with Crippen molar-refractivity contribution in [2.24, 2.45) is 5.10 Å². The first kappa shape index (κ1) is 13.0. The second kappa shape index (κ2) is 6.50. The standard InChI is InChI=1S/C11H14N2OS2/c1-8(12-13-11(15)16-3)9-4-6-10(14-2)7-5-9/h4-7H,1-3H3,(H,13,15). The van der Waals surface area contributed by atoms with Crippen molar-refractivity contribution < 1.29 is 4.74 Å². The van der Waals surface area contributed by atoms with Crippen LogP contribution in [0.2, 0.25) is 0 Å². The molecular formula is C11H14N2OS2. The van der Waals surface area contributed by atoms with Crippen LogP contribution in [0, 0.1) is 0 Å². The van der Waals surface area contributed by atoms with Crippen LogP contribution in [0.4, 0.5) is 0 Å². The number of thiocarbonyl (C=S) groups is 1. The second-order valence-corrected chi connectivity index (χ2v) is 4.51. The smallest absolute Gasteiger partial charge is 0.153 e. The fourth-order valence-corrected chi connectivity index (χ4v) is 1.25. The quantitative estimate of drug-likeness (QED) is 0.511. The van der Waals surface area contributed by atoms with Gasteiger partial charge < -0.3 is 4.74 Å². The fourth-order valence-electron chi connectivity index (χ4n) is 1.07. The lowest BCUT2D eigenvalue weighted by Gasteiger charge is -2.04. The molecule has 0 radical (unpaired) electrons. The van der Waals surface area contributed by atoms with Gasteiger partial charge in [-0.15, -0.1) is 0 Å². The number of thioether (sulfide) groups is 1. The van der Waals surface area contributed by atoms with E-state index in [0.29, 0.717) is 4.32 Å². The maximum absolute atomic E-state index is 5.08. The van der Waals surface area contributed by atoms with Gasteiger partial charge in [-0.2, -0.15) is 5.10 Å². The predicted octanol–water partition coefficient (Wildman–Crippen LogP) is 2.66. The first-order chi connectivity index (χ1) is 7.67. The Kier molecular flexibility index (Phi) is 5.28. The number of ether oxygens (including phenoxy) is 1. The van der Waals surface area contributed by atoms with Crippen molar-refractivity contribution in [1.29, 1.82) is 0 Å². The molecule has 0 fully saturated rings. The monoisotopic (exact) mass is 254 g/mol. The van der Waals surface area contributed by atoms with E-state index in [9.17, 15) is 0 Å². The van der Waals surface area contributed by atoms with Gasteiger partial charge in [0.2, 0.25) is 0 Å². The normalized spacial score (nSPS) is 11.1. The third kappa shape index (κ3) is 3.83. The molecule has 0 saturated carbocycles. The molecule has 0 heterocycles. The molecule has 0 saturated heterocycles. The predicted molar refractivity (Wildman–Crippen MR) is 74.5 cm³/mol. The Balaban J connectivity index is 2.71. The van der Waals surface area contributed by atoms with Gasteiger partial charge in [-0.25, -0.2) is 0 Å². The number of benzene rings is 1. The molecule has 0 aliphatic carbocycles. The number of hydrogen-bond acceptors (Lipinski definition) is 4. The van der Waals surface area contributed by atoms with E-state index in [1.807, 2.05) is 37.4 Å². The molecule has 0 amide bonds. The molecule has 1 N–H and O–H groups in total. The lowest BCUT2D eigenvalue weighted by atomic mass is 10.1. The van der Waals surface area contributed by atoms with E-state index >= 15 is 0 Å². The molecule has 1 rings (SSSR count). The summed E-state index contributed by atoms with van der Waals surface area (Å²) in [4.78, 5) is 0. The Labute approximate surface area is 105 Å². The first-order valence-corrected chi connectivity index (χ1v) is 6.33. The van der Waals surface area contributed by atoms with Crippen LogP contribution in [0.3, 0.4) is 0 Å². The summed E-state index contributed by atoms with van der Waals surface area (Å²) in [5, 5.41) is 4.18. The molecule has 0 aliphatic rings. The van der Waals surface area contributed by atoms with Crippen LogP contribution in [-0.4, -0.2) is 23.4 Å². The lowest BCUT2D eigenvalue weighted by molar-refractivity contribution is 0.415. The van der Waals surface area contributed by atoms with Crippen molar-refractivity contribution in [3.63, 3.8) is 0 Å². The molecule has 3 nitrogen and oxygen atoms in total. The Morgan fingerprint density at radius 1 is 1.38 bits per heavy atom. The fraction of sp³-hybridized carbons (Fsp3) is 0.273. The molecule has 0 unspecified atom stereocenters. The SMILES string of the molecule is COc1ccc(C(C)=NNC(=S)SC)cc1. The number of nitrogens with zero attached hydrogens (tertiary/aromatic N) is 1. The Hall–Kier alpha value is -1.07. The molecule has 1 aromatic carbocycles. The summed E-state index contributed by atoms with van der Waals surface area (Å²) in [7, 11) is 1.65. The summed E-state index contributed by atoms with van der Waals surface area (Å²) in [5.74, 6) is 0.837. The van der Waals surface area contributed by atoms with Gasteiger partial charge in [0.15, 0.2) is 4.32 Å². The van der Waals surface area contributed by atoms with Crippen LogP contribution in [0.1, 0.15) is 12.5 Å². The Morgan fingerprint density at radius 2 is 2.00 bits per heavy atom. The van der Waals surface area contributed by atoms with Crippen LogP contribution < -0.4 is 10.2 Å². The maximum atomic E-state index is 5.08. The van der Waals surface area contributed by atoms with E-state index in [0.717, 1.165) is 17.0 Å². The van der Waals surface area contributed by atoms with Crippen molar-refractivity contribution in [3.8, 4) is 5.75 Å². The molecule has 16 heavy (non-hydrogen) atoms. The average Bonchev–Trinajstić information content (AvgIpc) is 2.35. The van der Waals surface area contributed by atoms with E-state index in [-0.39, 0.29) is 0 Å². The van der Waals surface area contributed by atoms with E-state index in [1.54, 1.807) is 7.11 Å². The summed E-state index contributed by atoms with van der Waals surface area (Å²) < 4.78 is 5.74. The minimum Gasteiger partial charge on any atom is -0.497 e. The number of rotatable bonds is 3. The molecule has 86 valence electrons. The topological polar surface area (TPSA) is 33.6 Å². The maximum Gasteiger partial charge on any atom is 0.153 e. The van der Waals surface area contributed by atoms with Crippen molar-refractivity contribution in [2.45, 2.75) is 6.92 Å². The number of methoxy groups -OCH3 is 1. The zero-order valence-corrected chi connectivity index (χ0v) is 11.1. The summed E-state index contributed by atoms with van der Waals surface area (Å²) in [5.41, 5.74) is 4.74. The molecule has 0 aromatic heterocycles. The van der Waals surface area contributed by atoms with Gasteiger partial charge in [0, 0.05) is 0 Å². The van der Waals surface area contributed by atoms with Crippen LogP contribution >= 0.6 is 24.0 Å². The van der Waals surface area contributed by atoms with Crippen LogP contribution in [0.15, 0.2) is 29.4 Å². The zero-order valence-electron chi connectivity index (χ0n) is 9.48. The number of hydrazone groups is 1. The highest BCUT2D eigenvalue weighted by Gasteiger charge is 1.98. The van der Waals surface area contributed by atoms with Gasteiger partial charge in [0.05, 0.1) is 12.8 Å². The molecule has 0 spiro atoms. The number of nitrogens with one attached hydrogen (secondary N) is 1. The minimum atomic E-state index is 0.660. The van der Waals surface area contributed by atoms with Crippen molar-refractivity contribution in [1.82, 2.24) is 5.43 Å². The Morgan fingerprint density at radius 3 is 2.50 bits per heavy atom. The summed E-state index contributed by atoms with van der Waals surface area (Å²) >= 11 is 6.45. The second-order valence-electron chi connectivity index (χ2n) is 3.03. The third-order valence-corrected chi connectivity index (χ3v) is 3.06. The summed E-state index contributed by atoms with van der Waals surface area (Å²) in [6, 6.07) is 7.73. The highest BCUT2D eigenvalue weighted by atomic mass is 32.2. The van der Waals surface area contributed by atoms with Gasteiger partial charge >= 0.3 is 0 Å². The van der Waals surface area contributed by atoms with Crippen molar-refractivity contribution in [3.05, 3.63) is 29.8 Å². The largest absolute Gasteiger partial charge is 0.497 e. The molecule has 1 aromatic rings. The average molecular weight is 254 g/mol. The van der Waals surface area contributed by atoms with E-state index < -0.39 is 0 Å². The zero-order chi connectivity index (χ0) is 12.0. The first-order valence-electron chi connectivity index (χ1n) is 4.70. The van der Waals surface area contributed by atoms with Crippen LogP contribution in [0.25, 0.3) is 0 Å². The molecule has 0 atom stereocenters. The summed E-state index contributed by atoms with van der Waals surface area (Å²) in [6.45, 7) is 1.93. The highest BCUT2D eigenvalue weighted by molar-refractivity contribution is 8.22. The van der Waals surface area contributed by atoms with Crippen LogP contribution in [-0.2, 0) is 0 Å². The van der Waals surface area contributed by atoms with Gasteiger partial charge in [-0.3, -0.25) is 5.43 Å². The molecule has 0 aliphatic heterocycles. The molecule has 0 bridgehead atoms. The highest BCUT2D eigenvalue weighted by Crippen LogP contribution is 2.11. The van der Waals surface area contributed by atoms with Crippen molar-refractivity contribution >= 4 is 34.0 Å². The van der Waals surface area contributed by atoms with Crippen LogP contribution in [0.5, 0.6) is 5.75 Å². The molecular weight excluding hydrogens is 240 g/mol. The van der Waals surface area contributed by atoms with Gasteiger partial charge in [-0.1, -0.05) is 24.0 Å². The van der Waals surface area contributed by atoms with Gasteiger partial charge in [0.1, 0.15) is 5.75 Å². The number of hydrogen-bond donors (Lipinski definition) is 1.